The van der Waals surface area contributed by atoms with Crippen LogP contribution in [0.1, 0.15) is 38.9 Å². The van der Waals surface area contributed by atoms with Gasteiger partial charge < -0.3 is 10.1 Å². The van der Waals surface area contributed by atoms with Crippen LogP contribution in [0.5, 0.6) is 0 Å². The first-order valence-corrected chi connectivity index (χ1v) is 7.76. The van der Waals surface area contributed by atoms with Gasteiger partial charge in [-0.3, -0.25) is 4.79 Å². The third-order valence-electron chi connectivity index (χ3n) is 3.10. The number of carbonyl (C=O) groups is 2. The van der Waals surface area contributed by atoms with Crippen molar-refractivity contribution in [2.24, 2.45) is 0 Å². The van der Waals surface area contributed by atoms with Gasteiger partial charge in [0.25, 0.3) is 5.91 Å². The summed E-state index contributed by atoms with van der Waals surface area (Å²) in [6.45, 7) is 1.98. The number of hydrogen-bond acceptors (Lipinski definition) is 4. The van der Waals surface area contributed by atoms with E-state index in [1.807, 2.05) is 6.92 Å². The van der Waals surface area contributed by atoms with E-state index in [2.05, 4.69) is 10.1 Å². The Kier molecular flexibility index (Phi) is 5.44. The molecule has 23 heavy (non-hydrogen) atoms. The van der Waals surface area contributed by atoms with E-state index in [1.165, 1.54) is 24.5 Å². The number of methoxy groups -OCH3 is 1. The molecule has 7 heteroatoms. The van der Waals surface area contributed by atoms with E-state index in [-0.39, 0.29) is 10.6 Å². The molecule has 0 spiro atoms. The van der Waals surface area contributed by atoms with Crippen LogP contribution in [0.4, 0.5) is 13.8 Å². The predicted molar refractivity (Wildman–Crippen MR) is 84.0 cm³/mol. The normalized spacial score (nSPS) is 10.4. The van der Waals surface area contributed by atoms with Crippen molar-refractivity contribution in [3.05, 3.63) is 51.9 Å². The molecule has 2 aromatic rings. The van der Waals surface area contributed by atoms with E-state index in [1.54, 1.807) is 6.07 Å². The number of ether oxygens (including phenoxy) is 1. The van der Waals surface area contributed by atoms with Gasteiger partial charge in [-0.2, -0.15) is 0 Å². The Hall–Kier alpha value is -2.28. The first-order valence-electron chi connectivity index (χ1n) is 6.94. The Morgan fingerprint density at radius 2 is 1.91 bits per heavy atom. The maximum absolute atomic E-state index is 13.7. The summed E-state index contributed by atoms with van der Waals surface area (Å²) in [5.74, 6) is -3.50. The Bertz CT molecular complexity index is 723. The summed E-state index contributed by atoms with van der Waals surface area (Å²) in [5, 5.41) is 2.62. The molecule has 122 valence electrons. The summed E-state index contributed by atoms with van der Waals surface area (Å²) in [4.78, 5) is 24.8. The van der Waals surface area contributed by atoms with Crippen LogP contribution < -0.4 is 5.32 Å². The molecular weight excluding hydrogens is 324 g/mol. The Balaban J connectivity index is 2.35. The van der Waals surface area contributed by atoms with Crippen molar-refractivity contribution in [1.82, 2.24) is 0 Å². The van der Waals surface area contributed by atoms with Gasteiger partial charge in [0, 0.05) is 4.88 Å². The molecule has 4 nitrogen and oxygen atoms in total. The maximum atomic E-state index is 13.7. The minimum Gasteiger partial charge on any atom is -0.465 e. The molecule has 0 saturated carbocycles. The fraction of sp³-hybridized carbons (Fsp3) is 0.250. The van der Waals surface area contributed by atoms with Gasteiger partial charge in [-0.05, 0) is 24.6 Å². The standard InChI is InChI=1S/C16H15F2NO3S/c1-3-5-9-8-10(16(21)22-2)15(23-9)19-14(20)13-11(17)6-4-7-12(13)18/h4,6-8H,3,5H2,1-2H3,(H,19,20). The van der Waals surface area contributed by atoms with E-state index in [9.17, 15) is 18.4 Å². The highest BCUT2D eigenvalue weighted by atomic mass is 32.1. The average Bonchev–Trinajstić information content (AvgIpc) is 2.89. The smallest absolute Gasteiger partial charge is 0.340 e. The summed E-state index contributed by atoms with van der Waals surface area (Å²) in [6.07, 6.45) is 1.58. The molecule has 1 aromatic carbocycles. The van der Waals surface area contributed by atoms with Crippen LogP contribution in [0.25, 0.3) is 0 Å². The Morgan fingerprint density at radius 1 is 1.26 bits per heavy atom. The van der Waals surface area contributed by atoms with Gasteiger partial charge in [0.05, 0.1) is 12.7 Å². The minimum atomic E-state index is -0.965. The van der Waals surface area contributed by atoms with Crippen LogP contribution in [0.3, 0.4) is 0 Å². The molecule has 0 aliphatic carbocycles. The highest BCUT2D eigenvalue weighted by Gasteiger charge is 2.22. The molecular formula is C16H15F2NO3S. The largest absolute Gasteiger partial charge is 0.465 e. The van der Waals surface area contributed by atoms with Crippen LogP contribution in [-0.2, 0) is 11.2 Å². The Morgan fingerprint density at radius 3 is 2.48 bits per heavy atom. The average molecular weight is 339 g/mol. The van der Waals surface area contributed by atoms with Gasteiger partial charge in [0.1, 0.15) is 22.2 Å². The van der Waals surface area contributed by atoms with E-state index < -0.39 is 29.1 Å². The quantitative estimate of drug-likeness (QED) is 0.837. The highest BCUT2D eigenvalue weighted by molar-refractivity contribution is 7.16. The maximum Gasteiger partial charge on any atom is 0.340 e. The lowest BCUT2D eigenvalue weighted by Gasteiger charge is -2.07. The number of amides is 1. The lowest BCUT2D eigenvalue weighted by molar-refractivity contribution is 0.0602. The third kappa shape index (κ3) is 3.73. The summed E-state index contributed by atoms with van der Waals surface area (Å²) in [7, 11) is 1.22. The van der Waals surface area contributed by atoms with Gasteiger partial charge in [-0.25, -0.2) is 13.6 Å². The number of carbonyl (C=O) groups excluding carboxylic acids is 2. The number of esters is 1. The number of halogens is 2. The van der Waals surface area contributed by atoms with Crippen LogP contribution in [0.2, 0.25) is 0 Å². The molecule has 0 unspecified atom stereocenters. The lowest BCUT2D eigenvalue weighted by atomic mass is 10.2. The van der Waals surface area contributed by atoms with Crippen molar-refractivity contribution >= 4 is 28.2 Å². The third-order valence-corrected chi connectivity index (χ3v) is 4.21. The van der Waals surface area contributed by atoms with Gasteiger partial charge in [0.15, 0.2) is 0 Å². The number of benzene rings is 1. The first kappa shape index (κ1) is 17.1. The molecule has 2 rings (SSSR count). The van der Waals surface area contributed by atoms with Crippen molar-refractivity contribution < 1.29 is 23.1 Å². The molecule has 1 N–H and O–H groups in total. The van der Waals surface area contributed by atoms with Crippen molar-refractivity contribution in [3.8, 4) is 0 Å². The summed E-state index contributed by atoms with van der Waals surface area (Å²) in [6, 6.07) is 4.78. The fourth-order valence-corrected chi connectivity index (χ4v) is 3.19. The second-order valence-electron chi connectivity index (χ2n) is 4.75. The van der Waals surface area contributed by atoms with Crippen molar-refractivity contribution in [2.75, 3.05) is 12.4 Å². The number of aryl methyl sites for hydroxylation is 1. The Labute approximate surface area is 136 Å². The van der Waals surface area contributed by atoms with Crippen molar-refractivity contribution in [1.29, 1.82) is 0 Å². The monoisotopic (exact) mass is 339 g/mol. The molecule has 0 radical (unpaired) electrons. The van der Waals surface area contributed by atoms with Gasteiger partial charge in [-0.1, -0.05) is 19.4 Å². The van der Waals surface area contributed by atoms with Crippen LogP contribution in [0, 0.1) is 11.6 Å². The SMILES string of the molecule is CCCc1cc(C(=O)OC)c(NC(=O)c2c(F)cccc2F)s1. The fourth-order valence-electron chi connectivity index (χ4n) is 2.05. The molecule has 0 saturated heterocycles. The van der Waals surface area contributed by atoms with Crippen LogP contribution in [0.15, 0.2) is 24.3 Å². The zero-order valence-electron chi connectivity index (χ0n) is 12.6. The predicted octanol–water partition coefficient (Wildman–Crippen LogP) is 4.02. The summed E-state index contributed by atoms with van der Waals surface area (Å²) >= 11 is 1.18. The minimum absolute atomic E-state index is 0.172. The van der Waals surface area contributed by atoms with Crippen molar-refractivity contribution in [3.63, 3.8) is 0 Å². The van der Waals surface area contributed by atoms with Gasteiger partial charge in [0.2, 0.25) is 0 Å². The highest BCUT2D eigenvalue weighted by Crippen LogP contribution is 2.30. The van der Waals surface area contributed by atoms with Gasteiger partial charge >= 0.3 is 5.97 Å². The molecule has 0 bridgehead atoms. The number of thiophene rings is 1. The zero-order valence-corrected chi connectivity index (χ0v) is 13.4. The molecule has 1 heterocycles. The summed E-state index contributed by atoms with van der Waals surface area (Å²) < 4.78 is 32.0. The zero-order chi connectivity index (χ0) is 17.0. The molecule has 0 atom stereocenters. The van der Waals surface area contributed by atoms with E-state index in [0.717, 1.165) is 29.9 Å². The molecule has 1 aromatic heterocycles. The van der Waals surface area contributed by atoms with E-state index in [0.29, 0.717) is 0 Å². The number of nitrogens with one attached hydrogen (secondary N) is 1. The van der Waals surface area contributed by atoms with Crippen LogP contribution >= 0.6 is 11.3 Å². The topological polar surface area (TPSA) is 55.4 Å². The number of rotatable bonds is 5. The molecule has 0 aliphatic heterocycles. The molecule has 0 aliphatic rings. The van der Waals surface area contributed by atoms with Gasteiger partial charge in [-0.15, -0.1) is 11.3 Å². The number of hydrogen-bond donors (Lipinski definition) is 1. The van der Waals surface area contributed by atoms with E-state index in [4.69, 9.17) is 0 Å². The first-order chi connectivity index (χ1) is 11.0. The second-order valence-corrected chi connectivity index (χ2v) is 5.88. The van der Waals surface area contributed by atoms with E-state index >= 15 is 0 Å². The lowest BCUT2D eigenvalue weighted by Crippen LogP contribution is -2.17. The number of anilines is 1. The van der Waals surface area contributed by atoms with Crippen LogP contribution in [-0.4, -0.2) is 19.0 Å². The molecule has 0 fully saturated rings. The second kappa shape index (κ2) is 7.32. The molecule has 1 amide bonds. The van der Waals surface area contributed by atoms with Crippen molar-refractivity contribution in [2.45, 2.75) is 19.8 Å². The summed E-state index contributed by atoms with van der Waals surface area (Å²) in [5.41, 5.74) is -0.514.